The Morgan fingerprint density at radius 3 is 2.18 bits per heavy atom. The van der Waals surface area contributed by atoms with Crippen molar-refractivity contribution in [1.82, 2.24) is 5.32 Å². The van der Waals surface area contributed by atoms with Crippen LogP contribution in [0.15, 0.2) is 24.3 Å². The molecule has 3 atom stereocenters. The van der Waals surface area contributed by atoms with Crippen LogP contribution in [0, 0.1) is 12.8 Å². The topological polar surface area (TPSA) is 29.1 Å². The Bertz CT molecular complexity index is 396. The van der Waals surface area contributed by atoms with Crippen LogP contribution in [0.1, 0.15) is 43.7 Å². The number of fused-ring (bicyclic) bond motifs is 2. The molecule has 2 heteroatoms. The molecule has 1 aliphatic heterocycles. The molecule has 0 spiro atoms. The predicted molar refractivity (Wildman–Crippen MR) is 69.9 cm³/mol. The smallest absolute Gasteiger partial charge is 0.224 e. The second-order valence-electron chi connectivity index (χ2n) is 4.80. The van der Waals surface area contributed by atoms with Crippen LogP contribution in [0.5, 0.6) is 0 Å². The van der Waals surface area contributed by atoms with E-state index in [-0.39, 0.29) is 11.8 Å². The van der Waals surface area contributed by atoms with Gasteiger partial charge in [0.2, 0.25) is 5.91 Å². The Morgan fingerprint density at radius 1 is 1.06 bits per heavy atom. The number of carbonyl (C=O) groups is 1. The summed E-state index contributed by atoms with van der Waals surface area (Å²) in [7, 11) is 0. The van der Waals surface area contributed by atoms with Gasteiger partial charge in [0.15, 0.2) is 0 Å². The average Bonchev–Trinajstić information content (AvgIpc) is 2.91. The van der Waals surface area contributed by atoms with E-state index in [1.807, 2.05) is 13.8 Å². The largest absolute Gasteiger partial charge is 0.353 e. The molecule has 3 unspecified atom stereocenters. The highest BCUT2D eigenvalue weighted by molar-refractivity contribution is 5.83. The number of rotatable bonds is 1. The molecule has 1 aromatic carbocycles. The molecule has 1 heterocycles. The van der Waals surface area contributed by atoms with Gasteiger partial charge >= 0.3 is 0 Å². The van der Waals surface area contributed by atoms with Gasteiger partial charge in [-0.15, -0.1) is 0 Å². The number of hydrogen-bond acceptors (Lipinski definition) is 1. The highest BCUT2D eigenvalue weighted by Gasteiger charge is 2.45. The third-order valence-corrected chi connectivity index (χ3v) is 3.75. The Kier molecular flexibility index (Phi) is 3.51. The number of amides is 1. The minimum absolute atomic E-state index is 0.234. The van der Waals surface area contributed by atoms with E-state index in [0.29, 0.717) is 12.0 Å². The van der Waals surface area contributed by atoms with Crippen LogP contribution in [0.4, 0.5) is 0 Å². The van der Waals surface area contributed by atoms with Crippen LogP contribution >= 0.6 is 0 Å². The first-order chi connectivity index (χ1) is 8.24. The van der Waals surface area contributed by atoms with Crippen molar-refractivity contribution in [2.75, 3.05) is 0 Å². The van der Waals surface area contributed by atoms with Gasteiger partial charge in [-0.3, -0.25) is 4.79 Å². The summed E-state index contributed by atoms with van der Waals surface area (Å²) < 4.78 is 0. The van der Waals surface area contributed by atoms with E-state index in [1.165, 1.54) is 11.1 Å². The molecule has 1 saturated carbocycles. The zero-order valence-corrected chi connectivity index (χ0v) is 10.9. The SMILES string of the molecule is CC.Cc1ccc(C2CC3CC2C(=O)N3)cc1. The highest BCUT2D eigenvalue weighted by Crippen LogP contribution is 2.43. The fourth-order valence-corrected chi connectivity index (χ4v) is 2.94. The lowest BCUT2D eigenvalue weighted by Crippen LogP contribution is -2.34. The lowest BCUT2D eigenvalue weighted by molar-refractivity contribution is -0.124. The summed E-state index contributed by atoms with van der Waals surface area (Å²) in [5, 5.41) is 3.03. The molecule has 0 aromatic heterocycles. The summed E-state index contributed by atoms with van der Waals surface area (Å²) in [5.74, 6) is 0.957. The Morgan fingerprint density at radius 2 is 1.65 bits per heavy atom. The molecule has 1 amide bonds. The van der Waals surface area contributed by atoms with Gasteiger partial charge in [0.05, 0.1) is 0 Å². The summed E-state index contributed by atoms with van der Waals surface area (Å²) in [6, 6.07) is 9.06. The van der Waals surface area contributed by atoms with Crippen molar-refractivity contribution < 1.29 is 4.79 Å². The number of aryl methyl sites for hydroxylation is 1. The van der Waals surface area contributed by atoms with Crippen LogP contribution < -0.4 is 5.32 Å². The van der Waals surface area contributed by atoms with Gasteiger partial charge in [0.25, 0.3) is 0 Å². The summed E-state index contributed by atoms with van der Waals surface area (Å²) >= 11 is 0. The van der Waals surface area contributed by atoms with Crippen molar-refractivity contribution in [1.29, 1.82) is 0 Å². The number of hydrogen-bond donors (Lipinski definition) is 1. The Hall–Kier alpha value is -1.31. The molecule has 2 nitrogen and oxygen atoms in total. The van der Waals surface area contributed by atoms with Gasteiger partial charge in [-0.05, 0) is 31.2 Å². The zero-order valence-electron chi connectivity index (χ0n) is 10.9. The summed E-state index contributed by atoms with van der Waals surface area (Å²) in [4.78, 5) is 11.6. The zero-order chi connectivity index (χ0) is 12.4. The fourth-order valence-electron chi connectivity index (χ4n) is 2.94. The third kappa shape index (κ3) is 2.21. The van der Waals surface area contributed by atoms with Crippen LogP contribution in [0.3, 0.4) is 0 Å². The summed E-state index contributed by atoms with van der Waals surface area (Å²) in [5.41, 5.74) is 2.62. The summed E-state index contributed by atoms with van der Waals surface area (Å²) in [6.07, 6.45) is 2.16. The molecule has 0 radical (unpaired) electrons. The maximum absolute atomic E-state index is 11.6. The Balaban J connectivity index is 0.000000514. The first-order valence-corrected chi connectivity index (χ1v) is 6.61. The van der Waals surface area contributed by atoms with E-state index in [9.17, 15) is 4.79 Å². The van der Waals surface area contributed by atoms with E-state index < -0.39 is 0 Å². The average molecular weight is 231 g/mol. The van der Waals surface area contributed by atoms with Gasteiger partial charge in [-0.25, -0.2) is 0 Å². The molecule has 2 aliphatic rings. The van der Waals surface area contributed by atoms with E-state index in [0.717, 1.165) is 12.8 Å². The van der Waals surface area contributed by atoms with E-state index in [2.05, 4.69) is 36.5 Å². The van der Waals surface area contributed by atoms with Gasteiger partial charge in [0, 0.05) is 12.0 Å². The molecular weight excluding hydrogens is 210 g/mol. The molecule has 1 N–H and O–H groups in total. The first-order valence-electron chi connectivity index (χ1n) is 6.61. The van der Waals surface area contributed by atoms with Crippen molar-refractivity contribution in [2.45, 2.75) is 45.6 Å². The molecular formula is C15H21NO. The number of carbonyl (C=O) groups excluding carboxylic acids is 1. The lowest BCUT2D eigenvalue weighted by Gasteiger charge is -2.22. The van der Waals surface area contributed by atoms with Crippen molar-refractivity contribution >= 4 is 5.91 Å². The van der Waals surface area contributed by atoms with E-state index in [4.69, 9.17) is 0 Å². The fraction of sp³-hybridized carbons (Fsp3) is 0.533. The van der Waals surface area contributed by atoms with Crippen LogP contribution in [0.25, 0.3) is 0 Å². The van der Waals surface area contributed by atoms with E-state index >= 15 is 0 Å². The Labute approximate surface area is 103 Å². The van der Waals surface area contributed by atoms with Gasteiger partial charge < -0.3 is 5.32 Å². The minimum Gasteiger partial charge on any atom is -0.353 e. The molecule has 1 saturated heterocycles. The second-order valence-corrected chi connectivity index (χ2v) is 4.80. The molecule has 2 bridgehead atoms. The van der Waals surface area contributed by atoms with Gasteiger partial charge in [0.1, 0.15) is 0 Å². The normalized spacial score (nSPS) is 29.6. The summed E-state index contributed by atoms with van der Waals surface area (Å²) in [6.45, 7) is 6.09. The lowest BCUT2D eigenvalue weighted by atomic mass is 9.87. The maximum atomic E-state index is 11.6. The number of benzene rings is 1. The second kappa shape index (κ2) is 4.91. The molecule has 1 aromatic rings. The van der Waals surface area contributed by atoms with Crippen molar-refractivity contribution in [2.24, 2.45) is 5.92 Å². The molecule has 17 heavy (non-hydrogen) atoms. The van der Waals surface area contributed by atoms with Crippen LogP contribution in [-0.2, 0) is 4.79 Å². The monoisotopic (exact) mass is 231 g/mol. The van der Waals surface area contributed by atoms with Crippen LogP contribution in [0.2, 0.25) is 0 Å². The number of nitrogens with one attached hydrogen (secondary N) is 1. The molecule has 2 fully saturated rings. The molecule has 1 aliphatic carbocycles. The van der Waals surface area contributed by atoms with Gasteiger partial charge in [-0.1, -0.05) is 43.7 Å². The van der Waals surface area contributed by atoms with Crippen molar-refractivity contribution in [3.63, 3.8) is 0 Å². The minimum atomic E-state index is 0.234. The number of piperidine rings is 1. The standard InChI is InChI=1S/C13H15NO.C2H6/c1-8-2-4-9(5-3-8)11-6-10-7-12(11)13(15)14-10;1-2/h2-5,10-12H,6-7H2,1H3,(H,14,15);1-2H3. The van der Waals surface area contributed by atoms with Crippen molar-refractivity contribution in [3.8, 4) is 0 Å². The van der Waals surface area contributed by atoms with Gasteiger partial charge in [-0.2, -0.15) is 0 Å². The third-order valence-electron chi connectivity index (χ3n) is 3.75. The van der Waals surface area contributed by atoms with Crippen LogP contribution in [-0.4, -0.2) is 11.9 Å². The molecule has 92 valence electrons. The van der Waals surface area contributed by atoms with Crippen molar-refractivity contribution in [3.05, 3.63) is 35.4 Å². The first kappa shape index (κ1) is 12.2. The van der Waals surface area contributed by atoms with E-state index in [1.54, 1.807) is 0 Å². The predicted octanol–water partition coefficient (Wildman–Crippen LogP) is 3.01. The highest BCUT2D eigenvalue weighted by atomic mass is 16.2. The molecule has 3 rings (SSSR count). The quantitative estimate of drug-likeness (QED) is 0.791. The maximum Gasteiger partial charge on any atom is 0.224 e.